The van der Waals surface area contributed by atoms with Crippen molar-refractivity contribution in [3.05, 3.63) is 11.4 Å². The Balaban J connectivity index is 2.44. The number of hydrogen-bond acceptors (Lipinski definition) is 5. The SMILES string of the molecule is Cc1nn(C)c(C)c1NC(=O)C(=O)NCCNCCO. The number of rotatable bonds is 6. The molecule has 8 nitrogen and oxygen atoms in total. The molecule has 1 aromatic rings. The van der Waals surface area contributed by atoms with Crippen LogP contribution in [0.1, 0.15) is 11.4 Å². The highest BCUT2D eigenvalue weighted by molar-refractivity contribution is 6.39. The molecule has 0 bridgehead atoms. The number of nitrogens with one attached hydrogen (secondary N) is 3. The highest BCUT2D eigenvalue weighted by Gasteiger charge is 2.17. The van der Waals surface area contributed by atoms with E-state index in [0.29, 0.717) is 31.0 Å². The fraction of sp³-hybridized carbons (Fsp3) is 0.583. The molecule has 20 heavy (non-hydrogen) atoms. The van der Waals surface area contributed by atoms with Crippen molar-refractivity contribution >= 4 is 17.5 Å². The molecule has 0 radical (unpaired) electrons. The molecule has 0 aliphatic carbocycles. The summed E-state index contributed by atoms with van der Waals surface area (Å²) >= 11 is 0. The van der Waals surface area contributed by atoms with Gasteiger partial charge in [-0.05, 0) is 13.8 Å². The minimum atomic E-state index is -0.716. The number of aliphatic hydroxyl groups excluding tert-OH is 1. The first-order chi connectivity index (χ1) is 9.47. The second-order valence-electron chi connectivity index (χ2n) is 4.35. The van der Waals surface area contributed by atoms with Crippen molar-refractivity contribution in [1.82, 2.24) is 20.4 Å². The van der Waals surface area contributed by atoms with E-state index in [-0.39, 0.29) is 6.61 Å². The van der Waals surface area contributed by atoms with Gasteiger partial charge in [-0.3, -0.25) is 14.3 Å². The molecule has 0 spiro atoms. The molecule has 1 rings (SSSR count). The lowest BCUT2D eigenvalue weighted by molar-refractivity contribution is -0.136. The smallest absolute Gasteiger partial charge is 0.313 e. The Morgan fingerprint density at radius 2 is 1.90 bits per heavy atom. The highest BCUT2D eigenvalue weighted by Crippen LogP contribution is 2.17. The fourth-order valence-corrected chi connectivity index (χ4v) is 1.67. The van der Waals surface area contributed by atoms with Gasteiger partial charge in [0.1, 0.15) is 0 Å². The van der Waals surface area contributed by atoms with Crippen molar-refractivity contribution in [1.29, 1.82) is 0 Å². The van der Waals surface area contributed by atoms with Gasteiger partial charge in [0.15, 0.2) is 0 Å². The topological polar surface area (TPSA) is 108 Å². The summed E-state index contributed by atoms with van der Waals surface area (Å²) in [5, 5.41) is 20.6. The third-order valence-electron chi connectivity index (χ3n) is 2.83. The van der Waals surface area contributed by atoms with Crippen LogP contribution >= 0.6 is 0 Å². The van der Waals surface area contributed by atoms with Crippen molar-refractivity contribution < 1.29 is 14.7 Å². The van der Waals surface area contributed by atoms with E-state index in [0.717, 1.165) is 5.69 Å². The van der Waals surface area contributed by atoms with Crippen LogP contribution in [-0.4, -0.2) is 52.9 Å². The van der Waals surface area contributed by atoms with Crippen LogP contribution in [-0.2, 0) is 16.6 Å². The van der Waals surface area contributed by atoms with Gasteiger partial charge in [0, 0.05) is 26.7 Å². The van der Waals surface area contributed by atoms with Gasteiger partial charge in [-0.25, -0.2) is 0 Å². The summed E-state index contributed by atoms with van der Waals surface area (Å²) in [6.07, 6.45) is 0. The molecule has 0 aliphatic rings. The quantitative estimate of drug-likeness (QED) is 0.382. The summed E-state index contributed by atoms with van der Waals surface area (Å²) in [4.78, 5) is 23.3. The summed E-state index contributed by atoms with van der Waals surface area (Å²) in [7, 11) is 1.77. The molecule has 1 heterocycles. The normalized spacial score (nSPS) is 10.4. The number of carbonyl (C=O) groups excluding carboxylic acids is 2. The van der Waals surface area contributed by atoms with Gasteiger partial charge in [0.25, 0.3) is 0 Å². The maximum atomic E-state index is 11.7. The molecular weight excluding hydrogens is 262 g/mol. The lowest BCUT2D eigenvalue weighted by Gasteiger charge is -2.07. The zero-order chi connectivity index (χ0) is 15.1. The zero-order valence-electron chi connectivity index (χ0n) is 12.0. The first kappa shape index (κ1) is 16.1. The minimum Gasteiger partial charge on any atom is -0.395 e. The van der Waals surface area contributed by atoms with Crippen molar-refractivity contribution in [3.8, 4) is 0 Å². The summed E-state index contributed by atoms with van der Waals surface area (Å²) < 4.78 is 1.64. The highest BCUT2D eigenvalue weighted by atomic mass is 16.3. The van der Waals surface area contributed by atoms with Crippen LogP contribution in [0.15, 0.2) is 0 Å². The Kier molecular flexibility index (Phi) is 6.13. The molecule has 4 N–H and O–H groups in total. The predicted octanol–water partition coefficient (Wildman–Crippen LogP) is -1.33. The maximum Gasteiger partial charge on any atom is 0.313 e. The Morgan fingerprint density at radius 1 is 1.20 bits per heavy atom. The van der Waals surface area contributed by atoms with E-state index in [1.807, 2.05) is 6.92 Å². The van der Waals surface area contributed by atoms with E-state index in [2.05, 4.69) is 21.0 Å². The fourth-order valence-electron chi connectivity index (χ4n) is 1.67. The zero-order valence-corrected chi connectivity index (χ0v) is 12.0. The van der Waals surface area contributed by atoms with Gasteiger partial charge in [-0.2, -0.15) is 5.10 Å². The summed E-state index contributed by atoms with van der Waals surface area (Å²) in [6.45, 7) is 4.87. The molecule has 0 unspecified atom stereocenters. The Bertz CT molecular complexity index is 484. The van der Waals surface area contributed by atoms with Crippen LogP contribution < -0.4 is 16.0 Å². The summed E-state index contributed by atoms with van der Waals surface area (Å²) in [6, 6.07) is 0. The third-order valence-corrected chi connectivity index (χ3v) is 2.83. The van der Waals surface area contributed by atoms with Crippen molar-refractivity contribution in [2.24, 2.45) is 7.05 Å². The van der Waals surface area contributed by atoms with Crippen molar-refractivity contribution in [2.75, 3.05) is 31.6 Å². The number of hydrogen-bond donors (Lipinski definition) is 4. The second-order valence-corrected chi connectivity index (χ2v) is 4.35. The van der Waals surface area contributed by atoms with Crippen molar-refractivity contribution in [2.45, 2.75) is 13.8 Å². The molecule has 0 atom stereocenters. The number of anilines is 1. The molecule has 0 fully saturated rings. The standard InChI is InChI=1S/C12H21N5O3/c1-8-10(9(2)17(3)16-8)15-12(20)11(19)14-5-4-13-6-7-18/h13,18H,4-7H2,1-3H3,(H,14,19)(H,15,20). The van der Waals surface area contributed by atoms with E-state index in [1.165, 1.54) is 0 Å². The van der Waals surface area contributed by atoms with E-state index >= 15 is 0 Å². The van der Waals surface area contributed by atoms with Gasteiger partial charge in [-0.15, -0.1) is 0 Å². The first-order valence-electron chi connectivity index (χ1n) is 6.38. The van der Waals surface area contributed by atoms with Gasteiger partial charge in [0.2, 0.25) is 0 Å². The van der Waals surface area contributed by atoms with Gasteiger partial charge < -0.3 is 21.1 Å². The summed E-state index contributed by atoms with van der Waals surface area (Å²) in [5.74, 6) is -1.41. The largest absolute Gasteiger partial charge is 0.395 e. The predicted molar refractivity (Wildman–Crippen MR) is 74.3 cm³/mol. The van der Waals surface area contributed by atoms with Crippen LogP contribution in [0.4, 0.5) is 5.69 Å². The van der Waals surface area contributed by atoms with Crippen LogP contribution in [0.25, 0.3) is 0 Å². The molecule has 1 aromatic heterocycles. The van der Waals surface area contributed by atoms with E-state index < -0.39 is 11.8 Å². The van der Waals surface area contributed by atoms with Crippen LogP contribution in [0.2, 0.25) is 0 Å². The van der Waals surface area contributed by atoms with Gasteiger partial charge >= 0.3 is 11.8 Å². The molecule has 8 heteroatoms. The van der Waals surface area contributed by atoms with Gasteiger partial charge in [0.05, 0.1) is 23.7 Å². The Labute approximate surface area is 117 Å². The number of aryl methyl sites for hydroxylation is 2. The maximum absolute atomic E-state index is 11.7. The molecule has 0 saturated heterocycles. The van der Waals surface area contributed by atoms with Gasteiger partial charge in [-0.1, -0.05) is 0 Å². The molecule has 0 saturated carbocycles. The van der Waals surface area contributed by atoms with E-state index in [9.17, 15) is 9.59 Å². The van der Waals surface area contributed by atoms with E-state index in [1.54, 1.807) is 18.7 Å². The Morgan fingerprint density at radius 3 is 2.45 bits per heavy atom. The number of carbonyl (C=O) groups is 2. The number of amides is 2. The average Bonchev–Trinajstić information content (AvgIpc) is 2.64. The van der Waals surface area contributed by atoms with E-state index in [4.69, 9.17) is 5.11 Å². The molecule has 0 aliphatic heterocycles. The average molecular weight is 283 g/mol. The molecule has 2 amide bonds. The number of aliphatic hydroxyl groups is 1. The number of nitrogens with zero attached hydrogens (tertiary/aromatic N) is 2. The third kappa shape index (κ3) is 4.32. The second kappa shape index (κ2) is 7.61. The minimum absolute atomic E-state index is 0.0357. The van der Waals surface area contributed by atoms with Crippen LogP contribution in [0.5, 0.6) is 0 Å². The summed E-state index contributed by atoms with van der Waals surface area (Å²) in [5.41, 5.74) is 2.01. The lowest BCUT2D eigenvalue weighted by Crippen LogP contribution is -2.39. The number of aromatic nitrogens is 2. The molecular formula is C12H21N5O3. The molecule has 0 aromatic carbocycles. The molecule has 112 valence electrons. The Hall–Kier alpha value is -1.93. The van der Waals surface area contributed by atoms with Crippen LogP contribution in [0, 0.1) is 13.8 Å². The first-order valence-corrected chi connectivity index (χ1v) is 6.38. The van der Waals surface area contributed by atoms with Crippen molar-refractivity contribution in [3.63, 3.8) is 0 Å². The van der Waals surface area contributed by atoms with Crippen LogP contribution in [0.3, 0.4) is 0 Å². The monoisotopic (exact) mass is 283 g/mol. The lowest BCUT2D eigenvalue weighted by atomic mass is 10.3.